The van der Waals surface area contributed by atoms with Gasteiger partial charge in [0.25, 0.3) is 0 Å². The quantitative estimate of drug-likeness (QED) is 0.913. The summed E-state index contributed by atoms with van der Waals surface area (Å²) in [5, 5.41) is 9.83. The van der Waals surface area contributed by atoms with Crippen LogP contribution in [-0.4, -0.2) is 11.5 Å². The van der Waals surface area contributed by atoms with Crippen LogP contribution < -0.4 is 4.74 Å². The molecular formula is C11H12BrF3O2. The van der Waals surface area contributed by atoms with Crippen molar-refractivity contribution in [1.82, 2.24) is 0 Å². The van der Waals surface area contributed by atoms with E-state index in [2.05, 4.69) is 20.7 Å². The van der Waals surface area contributed by atoms with E-state index in [1.807, 2.05) is 0 Å². The van der Waals surface area contributed by atoms with Gasteiger partial charge in [-0.15, -0.1) is 13.2 Å². The monoisotopic (exact) mass is 312 g/mol. The molecule has 0 amide bonds. The van der Waals surface area contributed by atoms with Crippen LogP contribution in [0, 0.1) is 5.92 Å². The Morgan fingerprint density at radius 1 is 1.29 bits per heavy atom. The summed E-state index contributed by atoms with van der Waals surface area (Å²) in [5.74, 6) is -0.582. The predicted molar refractivity (Wildman–Crippen MR) is 60.6 cm³/mol. The number of alkyl halides is 3. The van der Waals surface area contributed by atoms with Gasteiger partial charge in [0.1, 0.15) is 5.75 Å². The molecule has 0 heterocycles. The van der Waals surface area contributed by atoms with Gasteiger partial charge in [-0.1, -0.05) is 29.8 Å². The van der Waals surface area contributed by atoms with Gasteiger partial charge in [0.15, 0.2) is 0 Å². The van der Waals surface area contributed by atoms with E-state index in [1.54, 1.807) is 13.8 Å². The second-order valence-corrected chi connectivity index (χ2v) is 4.83. The van der Waals surface area contributed by atoms with Crippen LogP contribution >= 0.6 is 15.9 Å². The van der Waals surface area contributed by atoms with E-state index in [1.165, 1.54) is 18.2 Å². The molecule has 0 saturated heterocycles. The van der Waals surface area contributed by atoms with Crippen LogP contribution in [-0.2, 0) is 0 Å². The summed E-state index contributed by atoms with van der Waals surface area (Å²) in [6, 6.07) is 4.03. The molecule has 1 aromatic rings. The summed E-state index contributed by atoms with van der Waals surface area (Å²) in [6.45, 7) is 3.42. The molecule has 1 aromatic carbocycles. The normalized spacial score (nSPS) is 13.9. The molecule has 0 aromatic heterocycles. The highest BCUT2D eigenvalue weighted by Gasteiger charge is 2.33. The smallest absolute Gasteiger partial charge is 0.405 e. The zero-order chi connectivity index (χ0) is 13.2. The Bertz CT molecular complexity index is 391. The molecule has 96 valence electrons. The summed E-state index contributed by atoms with van der Waals surface area (Å²) in [7, 11) is 0. The summed E-state index contributed by atoms with van der Waals surface area (Å²) >= 11 is 3.15. The SMILES string of the molecule is CC(C)C(O)c1cc(Br)ccc1OC(F)(F)F. The van der Waals surface area contributed by atoms with Gasteiger partial charge in [0, 0.05) is 10.0 Å². The topological polar surface area (TPSA) is 29.5 Å². The lowest BCUT2D eigenvalue weighted by molar-refractivity contribution is -0.275. The number of halogens is 4. The maximum atomic E-state index is 12.2. The third kappa shape index (κ3) is 4.20. The predicted octanol–water partition coefficient (Wildman–Crippen LogP) is 4.04. The number of benzene rings is 1. The van der Waals surface area contributed by atoms with Crippen molar-refractivity contribution in [2.24, 2.45) is 5.92 Å². The van der Waals surface area contributed by atoms with Crippen molar-refractivity contribution in [1.29, 1.82) is 0 Å². The first kappa shape index (κ1) is 14.3. The van der Waals surface area contributed by atoms with E-state index >= 15 is 0 Å². The molecule has 17 heavy (non-hydrogen) atoms. The Morgan fingerprint density at radius 2 is 1.88 bits per heavy atom. The minimum Gasteiger partial charge on any atom is -0.405 e. The molecule has 0 spiro atoms. The van der Waals surface area contributed by atoms with E-state index in [4.69, 9.17) is 0 Å². The van der Waals surface area contributed by atoms with Crippen LogP contribution in [0.3, 0.4) is 0 Å². The highest BCUT2D eigenvalue weighted by Crippen LogP contribution is 2.35. The first-order valence-corrected chi connectivity index (χ1v) is 5.73. The second kappa shape index (κ2) is 5.27. The Hall–Kier alpha value is -0.750. The number of rotatable bonds is 3. The summed E-state index contributed by atoms with van der Waals surface area (Å²) in [6.07, 6.45) is -5.77. The Kier molecular flexibility index (Phi) is 4.43. The molecule has 0 fully saturated rings. The Balaban J connectivity index is 3.12. The molecular weight excluding hydrogens is 301 g/mol. The third-order valence-electron chi connectivity index (χ3n) is 2.15. The van der Waals surface area contributed by atoms with E-state index in [-0.39, 0.29) is 17.2 Å². The maximum absolute atomic E-state index is 12.2. The number of aliphatic hydroxyl groups excluding tert-OH is 1. The first-order valence-electron chi connectivity index (χ1n) is 4.94. The van der Waals surface area contributed by atoms with Gasteiger partial charge in [0.05, 0.1) is 6.10 Å². The number of aliphatic hydroxyl groups is 1. The van der Waals surface area contributed by atoms with Crippen LogP contribution in [0.2, 0.25) is 0 Å². The van der Waals surface area contributed by atoms with Crippen LogP contribution in [0.5, 0.6) is 5.75 Å². The highest BCUT2D eigenvalue weighted by molar-refractivity contribution is 9.10. The molecule has 0 saturated carbocycles. The van der Waals surface area contributed by atoms with Crippen molar-refractivity contribution in [3.63, 3.8) is 0 Å². The first-order chi connectivity index (χ1) is 7.70. The Morgan fingerprint density at radius 3 is 2.35 bits per heavy atom. The van der Waals surface area contributed by atoms with Crippen LogP contribution in [0.1, 0.15) is 25.5 Å². The van der Waals surface area contributed by atoms with Gasteiger partial charge in [-0.25, -0.2) is 0 Å². The van der Waals surface area contributed by atoms with Crippen molar-refractivity contribution in [2.75, 3.05) is 0 Å². The minimum atomic E-state index is -4.76. The molecule has 6 heteroatoms. The Labute approximate surface area is 106 Å². The van der Waals surface area contributed by atoms with E-state index in [9.17, 15) is 18.3 Å². The van der Waals surface area contributed by atoms with Gasteiger partial charge in [-0.2, -0.15) is 0 Å². The fourth-order valence-corrected chi connectivity index (χ4v) is 1.71. The molecule has 0 aliphatic heterocycles. The molecule has 1 N–H and O–H groups in total. The minimum absolute atomic E-state index is 0.117. The molecule has 1 atom stereocenters. The molecule has 0 aliphatic rings. The average Bonchev–Trinajstić information content (AvgIpc) is 2.17. The van der Waals surface area contributed by atoms with Gasteiger partial charge in [-0.05, 0) is 24.1 Å². The second-order valence-electron chi connectivity index (χ2n) is 3.92. The molecule has 1 rings (SSSR count). The van der Waals surface area contributed by atoms with E-state index in [0.717, 1.165) is 0 Å². The fraction of sp³-hybridized carbons (Fsp3) is 0.455. The lowest BCUT2D eigenvalue weighted by atomic mass is 9.98. The van der Waals surface area contributed by atoms with Crippen LogP contribution in [0.25, 0.3) is 0 Å². The summed E-state index contributed by atoms with van der Waals surface area (Å²) in [4.78, 5) is 0. The summed E-state index contributed by atoms with van der Waals surface area (Å²) < 4.78 is 41.0. The van der Waals surface area contributed by atoms with E-state index < -0.39 is 12.5 Å². The van der Waals surface area contributed by atoms with Crippen molar-refractivity contribution in [3.05, 3.63) is 28.2 Å². The standard InChI is InChI=1S/C11H12BrF3O2/c1-6(2)10(16)8-5-7(12)3-4-9(8)17-11(13,14)15/h3-6,10,16H,1-2H3. The molecule has 0 radical (unpaired) electrons. The van der Waals surface area contributed by atoms with Crippen molar-refractivity contribution >= 4 is 15.9 Å². The zero-order valence-electron chi connectivity index (χ0n) is 9.25. The average molecular weight is 313 g/mol. The van der Waals surface area contributed by atoms with Gasteiger partial charge in [0.2, 0.25) is 0 Å². The maximum Gasteiger partial charge on any atom is 0.573 e. The van der Waals surface area contributed by atoms with Crippen molar-refractivity contribution < 1.29 is 23.0 Å². The van der Waals surface area contributed by atoms with Gasteiger partial charge in [-0.3, -0.25) is 0 Å². The zero-order valence-corrected chi connectivity index (χ0v) is 10.8. The molecule has 0 aliphatic carbocycles. The highest BCUT2D eigenvalue weighted by atomic mass is 79.9. The lowest BCUT2D eigenvalue weighted by Crippen LogP contribution is -2.19. The largest absolute Gasteiger partial charge is 0.573 e. The number of ether oxygens (including phenoxy) is 1. The fourth-order valence-electron chi connectivity index (χ4n) is 1.33. The van der Waals surface area contributed by atoms with Gasteiger partial charge < -0.3 is 9.84 Å². The molecule has 1 unspecified atom stereocenters. The van der Waals surface area contributed by atoms with Crippen LogP contribution in [0.15, 0.2) is 22.7 Å². The van der Waals surface area contributed by atoms with E-state index in [0.29, 0.717) is 4.47 Å². The molecule has 0 bridgehead atoms. The van der Waals surface area contributed by atoms with Crippen LogP contribution in [0.4, 0.5) is 13.2 Å². The number of hydrogen-bond donors (Lipinski definition) is 1. The third-order valence-corrected chi connectivity index (χ3v) is 2.64. The summed E-state index contributed by atoms with van der Waals surface area (Å²) in [5.41, 5.74) is 0.117. The lowest BCUT2D eigenvalue weighted by Gasteiger charge is -2.19. The van der Waals surface area contributed by atoms with Crippen molar-refractivity contribution in [2.45, 2.75) is 26.3 Å². The van der Waals surface area contributed by atoms with Gasteiger partial charge >= 0.3 is 6.36 Å². The van der Waals surface area contributed by atoms with Crippen molar-refractivity contribution in [3.8, 4) is 5.75 Å². The molecule has 2 nitrogen and oxygen atoms in total. The number of hydrogen-bond acceptors (Lipinski definition) is 2.